The van der Waals surface area contributed by atoms with Crippen LogP contribution in [0.3, 0.4) is 0 Å². The average molecular weight is 262 g/mol. The van der Waals surface area contributed by atoms with Crippen LogP contribution in [-0.2, 0) is 0 Å². The molecule has 0 spiro atoms. The van der Waals surface area contributed by atoms with Crippen molar-refractivity contribution in [3.63, 3.8) is 0 Å². The zero-order valence-corrected chi connectivity index (χ0v) is 11.5. The molecule has 2 rings (SSSR count). The van der Waals surface area contributed by atoms with Gasteiger partial charge in [-0.1, -0.05) is 11.6 Å². The van der Waals surface area contributed by atoms with Crippen LogP contribution in [0.15, 0.2) is 30.3 Å². The molecule has 2 aromatic carbocycles. The van der Waals surface area contributed by atoms with Crippen LogP contribution in [0.5, 0.6) is 11.5 Å². The Labute approximate surface area is 112 Å². The zero-order valence-electron chi connectivity index (χ0n) is 10.8. The summed E-state index contributed by atoms with van der Waals surface area (Å²) in [7, 11) is 0. The number of ether oxygens (including phenoxy) is 1. The molecular formula is C15H16ClNO. The number of anilines is 1. The van der Waals surface area contributed by atoms with Crippen molar-refractivity contribution in [3.05, 3.63) is 52.0 Å². The Kier molecular flexibility index (Phi) is 3.48. The first kappa shape index (κ1) is 12.8. The zero-order chi connectivity index (χ0) is 13.3. The van der Waals surface area contributed by atoms with E-state index in [4.69, 9.17) is 22.1 Å². The lowest BCUT2D eigenvalue weighted by Gasteiger charge is -2.12. The first-order valence-corrected chi connectivity index (χ1v) is 6.16. The van der Waals surface area contributed by atoms with Gasteiger partial charge in [-0.3, -0.25) is 0 Å². The Bertz CT molecular complexity index is 570. The maximum absolute atomic E-state index is 6.13. The van der Waals surface area contributed by atoms with Crippen LogP contribution in [0.4, 0.5) is 5.69 Å². The van der Waals surface area contributed by atoms with Gasteiger partial charge in [0, 0.05) is 10.7 Å². The monoisotopic (exact) mass is 261 g/mol. The smallest absolute Gasteiger partial charge is 0.130 e. The molecule has 0 saturated carbocycles. The standard InChI is InChI=1S/C15H16ClNO/c1-9-6-12(17)4-5-14(9)18-13-7-10(2)15(16)11(3)8-13/h4-8H,17H2,1-3H3. The fourth-order valence-electron chi connectivity index (χ4n) is 1.88. The molecule has 0 atom stereocenters. The molecule has 0 saturated heterocycles. The predicted octanol–water partition coefficient (Wildman–Crippen LogP) is 4.64. The van der Waals surface area contributed by atoms with E-state index in [1.165, 1.54) is 0 Å². The number of hydrogen-bond acceptors (Lipinski definition) is 2. The van der Waals surface area contributed by atoms with E-state index in [9.17, 15) is 0 Å². The van der Waals surface area contributed by atoms with Crippen molar-refractivity contribution >= 4 is 17.3 Å². The average Bonchev–Trinajstić information content (AvgIpc) is 2.29. The van der Waals surface area contributed by atoms with Crippen LogP contribution in [0.1, 0.15) is 16.7 Å². The summed E-state index contributed by atoms with van der Waals surface area (Å²) in [6.07, 6.45) is 0. The van der Waals surface area contributed by atoms with Gasteiger partial charge in [0.05, 0.1) is 0 Å². The van der Waals surface area contributed by atoms with E-state index in [2.05, 4.69) is 0 Å². The van der Waals surface area contributed by atoms with Crippen molar-refractivity contribution < 1.29 is 4.74 Å². The van der Waals surface area contributed by atoms with Gasteiger partial charge in [0.15, 0.2) is 0 Å². The molecule has 0 radical (unpaired) electrons. The van der Waals surface area contributed by atoms with E-state index in [-0.39, 0.29) is 0 Å². The minimum atomic E-state index is 0.739. The minimum absolute atomic E-state index is 0.739. The van der Waals surface area contributed by atoms with Crippen LogP contribution in [0, 0.1) is 20.8 Å². The Hall–Kier alpha value is -1.67. The topological polar surface area (TPSA) is 35.2 Å². The fraction of sp³-hybridized carbons (Fsp3) is 0.200. The van der Waals surface area contributed by atoms with E-state index in [0.717, 1.165) is 38.9 Å². The number of benzene rings is 2. The van der Waals surface area contributed by atoms with Gasteiger partial charge in [0.2, 0.25) is 0 Å². The van der Waals surface area contributed by atoms with Gasteiger partial charge in [0.25, 0.3) is 0 Å². The van der Waals surface area contributed by atoms with Gasteiger partial charge in [-0.2, -0.15) is 0 Å². The molecule has 0 fully saturated rings. The van der Waals surface area contributed by atoms with Crippen LogP contribution >= 0.6 is 11.6 Å². The first-order chi connectivity index (χ1) is 8.47. The van der Waals surface area contributed by atoms with Crippen LogP contribution in [0.25, 0.3) is 0 Å². The second-order valence-electron chi connectivity index (χ2n) is 4.50. The highest BCUT2D eigenvalue weighted by atomic mass is 35.5. The molecule has 2 N–H and O–H groups in total. The summed E-state index contributed by atoms with van der Waals surface area (Å²) in [5.74, 6) is 1.60. The summed E-state index contributed by atoms with van der Waals surface area (Å²) < 4.78 is 5.87. The predicted molar refractivity (Wildman–Crippen MR) is 76.6 cm³/mol. The molecule has 2 aromatic rings. The van der Waals surface area contributed by atoms with Gasteiger partial charge >= 0.3 is 0 Å². The van der Waals surface area contributed by atoms with Gasteiger partial charge in [-0.05, 0) is 67.8 Å². The molecule has 3 heteroatoms. The van der Waals surface area contributed by atoms with E-state index in [0.29, 0.717) is 0 Å². The Balaban J connectivity index is 2.34. The summed E-state index contributed by atoms with van der Waals surface area (Å²) in [6, 6.07) is 9.48. The molecule has 0 aromatic heterocycles. The fourth-order valence-corrected chi connectivity index (χ4v) is 1.99. The molecule has 94 valence electrons. The number of hydrogen-bond donors (Lipinski definition) is 1. The number of rotatable bonds is 2. The Morgan fingerprint density at radius 2 is 1.56 bits per heavy atom. The number of nitrogen functional groups attached to an aromatic ring is 1. The van der Waals surface area contributed by atoms with Crippen molar-refractivity contribution in [1.82, 2.24) is 0 Å². The molecule has 0 amide bonds. The number of aryl methyl sites for hydroxylation is 3. The van der Waals surface area contributed by atoms with Crippen molar-refractivity contribution in [2.24, 2.45) is 0 Å². The molecule has 0 bridgehead atoms. The SMILES string of the molecule is Cc1cc(N)ccc1Oc1cc(C)c(Cl)c(C)c1. The van der Waals surface area contributed by atoms with Crippen molar-refractivity contribution in [1.29, 1.82) is 0 Å². The molecular weight excluding hydrogens is 246 g/mol. The maximum Gasteiger partial charge on any atom is 0.130 e. The molecule has 0 unspecified atom stereocenters. The van der Waals surface area contributed by atoms with E-state index >= 15 is 0 Å². The van der Waals surface area contributed by atoms with Crippen molar-refractivity contribution in [3.8, 4) is 11.5 Å². The Morgan fingerprint density at radius 3 is 2.11 bits per heavy atom. The normalized spacial score (nSPS) is 10.4. The van der Waals surface area contributed by atoms with Gasteiger partial charge in [-0.15, -0.1) is 0 Å². The summed E-state index contributed by atoms with van der Waals surface area (Å²) >= 11 is 6.13. The molecule has 0 aliphatic carbocycles. The van der Waals surface area contributed by atoms with E-state index in [1.807, 2.05) is 51.1 Å². The van der Waals surface area contributed by atoms with Crippen molar-refractivity contribution in [2.45, 2.75) is 20.8 Å². The lowest BCUT2D eigenvalue weighted by molar-refractivity contribution is 0.478. The highest BCUT2D eigenvalue weighted by Crippen LogP contribution is 2.31. The lowest BCUT2D eigenvalue weighted by atomic mass is 10.1. The van der Waals surface area contributed by atoms with E-state index < -0.39 is 0 Å². The molecule has 0 aliphatic heterocycles. The maximum atomic E-state index is 6.13. The number of nitrogens with two attached hydrogens (primary N) is 1. The van der Waals surface area contributed by atoms with Crippen LogP contribution in [-0.4, -0.2) is 0 Å². The molecule has 2 nitrogen and oxygen atoms in total. The third-order valence-electron chi connectivity index (χ3n) is 2.84. The first-order valence-electron chi connectivity index (χ1n) is 5.78. The van der Waals surface area contributed by atoms with Crippen molar-refractivity contribution in [2.75, 3.05) is 5.73 Å². The summed E-state index contributed by atoms with van der Waals surface area (Å²) in [5.41, 5.74) is 9.50. The third kappa shape index (κ3) is 2.59. The summed E-state index contributed by atoms with van der Waals surface area (Å²) in [5, 5.41) is 0.788. The van der Waals surface area contributed by atoms with Gasteiger partial charge in [-0.25, -0.2) is 0 Å². The van der Waals surface area contributed by atoms with Crippen LogP contribution < -0.4 is 10.5 Å². The summed E-state index contributed by atoms with van der Waals surface area (Å²) in [6.45, 7) is 5.91. The van der Waals surface area contributed by atoms with Gasteiger partial charge < -0.3 is 10.5 Å². The number of halogens is 1. The molecule has 0 heterocycles. The quantitative estimate of drug-likeness (QED) is 0.800. The highest BCUT2D eigenvalue weighted by molar-refractivity contribution is 6.32. The molecule has 0 aliphatic rings. The van der Waals surface area contributed by atoms with Crippen LogP contribution in [0.2, 0.25) is 5.02 Å². The minimum Gasteiger partial charge on any atom is -0.457 e. The molecule has 18 heavy (non-hydrogen) atoms. The lowest BCUT2D eigenvalue weighted by Crippen LogP contribution is -1.92. The second kappa shape index (κ2) is 4.91. The largest absolute Gasteiger partial charge is 0.457 e. The second-order valence-corrected chi connectivity index (χ2v) is 4.88. The van der Waals surface area contributed by atoms with Gasteiger partial charge in [0.1, 0.15) is 11.5 Å². The van der Waals surface area contributed by atoms with E-state index in [1.54, 1.807) is 0 Å². The summed E-state index contributed by atoms with van der Waals surface area (Å²) in [4.78, 5) is 0. The Morgan fingerprint density at radius 1 is 0.944 bits per heavy atom. The third-order valence-corrected chi connectivity index (χ3v) is 3.43. The highest BCUT2D eigenvalue weighted by Gasteiger charge is 2.06.